The van der Waals surface area contributed by atoms with Gasteiger partial charge in [-0.3, -0.25) is 9.69 Å². The highest BCUT2D eigenvalue weighted by Gasteiger charge is 2.24. The molecule has 4 rings (SSSR count). The van der Waals surface area contributed by atoms with Crippen LogP contribution in [0.2, 0.25) is 5.02 Å². The third-order valence-corrected chi connectivity index (χ3v) is 6.30. The lowest BCUT2D eigenvalue weighted by molar-refractivity contribution is 0.0623. The molecule has 7 heteroatoms. The molecule has 3 aromatic rings. The molecule has 156 valence electrons. The van der Waals surface area contributed by atoms with E-state index < -0.39 is 0 Å². The summed E-state index contributed by atoms with van der Waals surface area (Å²) in [6, 6.07) is 15.2. The van der Waals surface area contributed by atoms with Crippen LogP contribution in [0.25, 0.3) is 10.6 Å². The lowest BCUT2D eigenvalue weighted by Gasteiger charge is -2.34. The normalized spacial score (nSPS) is 14.7. The van der Waals surface area contributed by atoms with Crippen LogP contribution in [0.3, 0.4) is 0 Å². The molecule has 1 fully saturated rings. The van der Waals surface area contributed by atoms with Crippen LogP contribution >= 0.6 is 22.9 Å². The van der Waals surface area contributed by atoms with Gasteiger partial charge < -0.3 is 9.64 Å². The minimum Gasteiger partial charge on any atom is -0.493 e. The molecule has 0 aliphatic carbocycles. The van der Waals surface area contributed by atoms with Crippen molar-refractivity contribution in [1.29, 1.82) is 0 Å². The van der Waals surface area contributed by atoms with Crippen molar-refractivity contribution in [3.8, 4) is 16.3 Å². The van der Waals surface area contributed by atoms with Crippen molar-refractivity contribution in [1.82, 2.24) is 14.8 Å². The average molecular weight is 442 g/mol. The Bertz CT molecular complexity index is 998. The maximum Gasteiger partial charge on any atom is 0.257 e. The number of amides is 1. The van der Waals surface area contributed by atoms with Gasteiger partial charge in [-0.25, -0.2) is 4.98 Å². The molecule has 1 aromatic heterocycles. The fraction of sp³-hybridized carbons (Fsp3) is 0.304. The number of ether oxygens (including phenoxy) is 1. The van der Waals surface area contributed by atoms with Crippen LogP contribution < -0.4 is 4.74 Å². The van der Waals surface area contributed by atoms with Crippen LogP contribution in [0.15, 0.2) is 53.9 Å². The fourth-order valence-corrected chi connectivity index (χ4v) is 4.48. The van der Waals surface area contributed by atoms with Gasteiger partial charge in [-0.1, -0.05) is 35.9 Å². The maximum absolute atomic E-state index is 13.0. The molecule has 0 N–H and O–H groups in total. The number of halogens is 1. The van der Waals surface area contributed by atoms with Gasteiger partial charge in [-0.15, -0.1) is 11.3 Å². The molecule has 2 aromatic carbocycles. The van der Waals surface area contributed by atoms with Gasteiger partial charge in [0.15, 0.2) is 0 Å². The van der Waals surface area contributed by atoms with E-state index in [1.54, 1.807) is 11.3 Å². The molecule has 0 saturated carbocycles. The number of nitrogens with zero attached hydrogens (tertiary/aromatic N) is 3. The van der Waals surface area contributed by atoms with Crippen molar-refractivity contribution >= 4 is 28.8 Å². The van der Waals surface area contributed by atoms with Crippen LogP contribution in [-0.4, -0.2) is 53.5 Å². The quantitative estimate of drug-likeness (QED) is 0.550. The minimum absolute atomic E-state index is 0.0392. The van der Waals surface area contributed by atoms with Gasteiger partial charge in [-0.2, -0.15) is 0 Å². The molecular formula is C23H24ClN3O2S. The summed E-state index contributed by atoms with van der Waals surface area (Å²) < 4.78 is 5.62. The van der Waals surface area contributed by atoms with Crippen molar-refractivity contribution in [2.45, 2.75) is 13.5 Å². The monoisotopic (exact) mass is 441 g/mol. The number of para-hydroxylation sites is 1. The van der Waals surface area contributed by atoms with Gasteiger partial charge in [-0.05, 0) is 31.2 Å². The molecule has 0 atom stereocenters. The number of hydrogen-bond donors (Lipinski definition) is 0. The van der Waals surface area contributed by atoms with Crippen molar-refractivity contribution in [2.24, 2.45) is 0 Å². The standard InChI is InChI=1S/C23H24ClN3O2S/c1-2-29-21-6-4-3-5-20(21)23(28)27-13-11-26(12-14-27)15-19-16-30-22(25-19)17-7-9-18(24)10-8-17/h3-10,16H,2,11-15H2,1H3. The molecule has 30 heavy (non-hydrogen) atoms. The van der Waals surface area contributed by atoms with Crippen molar-refractivity contribution in [3.05, 3.63) is 70.2 Å². The SMILES string of the molecule is CCOc1ccccc1C(=O)N1CCN(Cc2csc(-c3ccc(Cl)cc3)n2)CC1. The zero-order valence-corrected chi connectivity index (χ0v) is 18.5. The number of rotatable bonds is 6. The molecule has 0 unspecified atom stereocenters. The maximum atomic E-state index is 13.0. The van der Waals surface area contributed by atoms with Gasteiger partial charge in [0.2, 0.25) is 0 Å². The molecule has 1 amide bonds. The van der Waals surface area contributed by atoms with Crippen LogP contribution in [0.1, 0.15) is 23.0 Å². The Balaban J connectivity index is 1.34. The number of aromatic nitrogens is 1. The summed E-state index contributed by atoms with van der Waals surface area (Å²) in [6.07, 6.45) is 0. The second-order valence-corrected chi connectivity index (χ2v) is 8.44. The number of benzene rings is 2. The van der Waals surface area contributed by atoms with Gasteiger partial charge >= 0.3 is 0 Å². The van der Waals surface area contributed by atoms with E-state index in [-0.39, 0.29) is 5.91 Å². The van der Waals surface area contributed by atoms with Crippen LogP contribution in [0, 0.1) is 0 Å². The zero-order chi connectivity index (χ0) is 20.9. The first-order valence-electron chi connectivity index (χ1n) is 10.1. The van der Waals surface area contributed by atoms with E-state index in [0.29, 0.717) is 31.0 Å². The molecule has 2 heterocycles. The van der Waals surface area contributed by atoms with Crippen molar-refractivity contribution in [2.75, 3.05) is 32.8 Å². The van der Waals surface area contributed by atoms with Gasteiger partial charge in [0.25, 0.3) is 5.91 Å². The zero-order valence-electron chi connectivity index (χ0n) is 16.9. The summed E-state index contributed by atoms with van der Waals surface area (Å²) in [6.45, 7) is 6.33. The van der Waals surface area contributed by atoms with Gasteiger partial charge in [0, 0.05) is 48.7 Å². The third kappa shape index (κ3) is 4.83. The number of piperazine rings is 1. The molecular weight excluding hydrogens is 418 g/mol. The van der Waals surface area contributed by atoms with E-state index in [9.17, 15) is 4.79 Å². The van der Waals surface area contributed by atoms with Gasteiger partial charge in [0.05, 0.1) is 17.9 Å². The molecule has 5 nitrogen and oxygen atoms in total. The second kappa shape index (κ2) is 9.60. The first-order valence-corrected chi connectivity index (χ1v) is 11.3. The largest absolute Gasteiger partial charge is 0.493 e. The van der Waals surface area contributed by atoms with Crippen LogP contribution in [-0.2, 0) is 6.54 Å². The highest BCUT2D eigenvalue weighted by atomic mass is 35.5. The minimum atomic E-state index is 0.0392. The summed E-state index contributed by atoms with van der Waals surface area (Å²) in [4.78, 5) is 22.0. The van der Waals surface area contributed by atoms with E-state index in [1.165, 1.54) is 0 Å². The topological polar surface area (TPSA) is 45.7 Å². The average Bonchev–Trinajstić information content (AvgIpc) is 3.23. The summed E-state index contributed by atoms with van der Waals surface area (Å²) >= 11 is 7.62. The van der Waals surface area contributed by atoms with E-state index in [4.69, 9.17) is 21.3 Å². The summed E-state index contributed by atoms with van der Waals surface area (Å²) in [5.74, 6) is 0.696. The Kier molecular flexibility index (Phi) is 6.67. The Labute approximate surface area is 185 Å². The summed E-state index contributed by atoms with van der Waals surface area (Å²) in [7, 11) is 0. The van der Waals surface area contributed by atoms with Crippen LogP contribution in [0.4, 0.5) is 0 Å². The highest BCUT2D eigenvalue weighted by Crippen LogP contribution is 2.26. The predicted octanol–water partition coefficient (Wildman–Crippen LogP) is 4.82. The first-order chi connectivity index (χ1) is 14.6. The molecule has 0 spiro atoms. The molecule has 0 bridgehead atoms. The lowest BCUT2D eigenvalue weighted by atomic mass is 10.1. The number of hydrogen-bond acceptors (Lipinski definition) is 5. The fourth-order valence-electron chi connectivity index (χ4n) is 3.54. The lowest BCUT2D eigenvalue weighted by Crippen LogP contribution is -2.48. The first kappa shape index (κ1) is 20.8. The van der Waals surface area contributed by atoms with E-state index >= 15 is 0 Å². The summed E-state index contributed by atoms with van der Waals surface area (Å²) in [5.41, 5.74) is 2.78. The Morgan fingerprint density at radius 3 is 2.57 bits per heavy atom. The van der Waals surface area contributed by atoms with Crippen molar-refractivity contribution < 1.29 is 9.53 Å². The number of thiazole rings is 1. The molecule has 1 saturated heterocycles. The predicted molar refractivity (Wildman–Crippen MR) is 121 cm³/mol. The molecule has 1 aliphatic rings. The highest BCUT2D eigenvalue weighted by molar-refractivity contribution is 7.13. The molecule has 1 aliphatic heterocycles. The Hall–Kier alpha value is -2.41. The Morgan fingerprint density at radius 2 is 1.83 bits per heavy atom. The number of carbonyl (C=O) groups is 1. The smallest absolute Gasteiger partial charge is 0.257 e. The second-order valence-electron chi connectivity index (χ2n) is 7.15. The van der Waals surface area contributed by atoms with E-state index in [1.807, 2.05) is 60.4 Å². The third-order valence-electron chi connectivity index (χ3n) is 5.11. The van der Waals surface area contributed by atoms with Crippen LogP contribution in [0.5, 0.6) is 5.75 Å². The molecule has 0 radical (unpaired) electrons. The van der Waals surface area contributed by atoms with Crippen molar-refractivity contribution in [3.63, 3.8) is 0 Å². The van der Waals surface area contributed by atoms with E-state index in [2.05, 4.69) is 10.3 Å². The Morgan fingerprint density at radius 1 is 1.10 bits per heavy atom. The van der Waals surface area contributed by atoms with E-state index in [0.717, 1.165) is 40.9 Å². The van der Waals surface area contributed by atoms with Gasteiger partial charge in [0.1, 0.15) is 10.8 Å². The number of carbonyl (C=O) groups excluding carboxylic acids is 1. The summed E-state index contributed by atoms with van der Waals surface area (Å²) in [5, 5.41) is 3.84.